The number of carboxylic acid groups (broad SMARTS) is 2. The molecule has 0 aromatic carbocycles. The SMILES string of the molecule is CCC(C)C(CC(C)CC(=O)O)C(=O)O. The zero-order valence-corrected chi connectivity index (χ0v) is 9.56. The Balaban J connectivity index is 4.28. The summed E-state index contributed by atoms with van der Waals surface area (Å²) in [6.07, 6.45) is 1.29. The molecule has 0 bridgehead atoms. The molecule has 0 aliphatic carbocycles. The van der Waals surface area contributed by atoms with E-state index in [-0.39, 0.29) is 18.3 Å². The van der Waals surface area contributed by atoms with E-state index in [1.54, 1.807) is 6.92 Å². The number of hydrogen-bond donors (Lipinski definition) is 2. The fourth-order valence-electron chi connectivity index (χ4n) is 1.68. The molecular weight excluding hydrogens is 196 g/mol. The zero-order chi connectivity index (χ0) is 12.0. The van der Waals surface area contributed by atoms with Gasteiger partial charge in [-0.05, 0) is 18.3 Å². The zero-order valence-electron chi connectivity index (χ0n) is 9.56. The van der Waals surface area contributed by atoms with Crippen molar-refractivity contribution < 1.29 is 19.8 Å². The first-order valence-electron chi connectivity index (χ1n) is 5.33. The van der Waals surface area contributed by atoms with Crippen LogP contribution < -0.4 is 0 Å². The Kier molecular flexibility index (Phi) is 5.97. The van der Waals surface area contributed by atoms with Gasteiger partial charge in [-0.15, -0.1) is 0 Å². The first-order chi connectivity index (χ1) is 6.88. The number of carbonyl (C=O) groups is 2. The molecule has 0 aromatic rings. The van der Waals surface area contributed by atoms with E-state index in [4.69, 9.17) is 10.2 Å². The molecule has 0 saturated heterocycles. The van der Waals surface area contributed by atoms with Crippen LogP contribution in [0.15, 0.2) is 0 Å². The van der Waals surface area contributed by atoms with Crippen molar-refractivity contribution in [1.82, 2.24) is 0 Å². The highest BCUT2D eigenvalue weighted by atomic mass is 16.4. The van der Waals surface area contributed by atoms with E-state index in [2.05, 4.69) is 0 Å². The molecule has 0 heterocycles. The Morgan fingerprint density at radius 1 is 1.20 bits per heavy atom. The summed E-state index contributed by atoms with van der Waals surface area (Å²) in [5, 5.41) is 17.6. The maximum atomic E-state index is 11.0. The van der Waals surface area contributed by atoms with Gasteiger partial charge in [-0.3, -0.25) is 9.59 Å². The van der Waals surface area contributed by atoms with Crippen LogP contribution in [0.3, 0.4) is 0 Å². The van der Waals surface area contributed by atoms with E-state index in [0.717, 1.165) is 6.42 Å². The quantitative estimate of drug-likeness (QED) is 0.684. The third-order valence-electron chi connectivity index (χ3n) is 2.83. The van der Waals surface area contributed by atoms with Gasteiger partial charge in [0.15, 0.2) is 0 Å². The average Bonchev–Trinajstić information content (AvgIpc) is 2.11. The molecule has 0 saturated carbocycles. The van der Waals surface area contributed by atoms with Gasteiger partial charge in [0.05, 0.1) is 5.92 Å². The monoisotopic (exact) mass is 216 g/mol. The van der Waals surface area contributed by atoms with Gasteiger partial charge in [-0.25, -0.2) is 0 Å². The van der Waals surface area contributed by atoms with Crippen LogP contribution in [-0.2, 0) is 9.59 Å². The van der Waals surface area contributed by atoms with Crippen LogP contribution in [-0.4, -0.2) is 22.2 Å². The summed E-state index contributed by atoms with van der Waals surface area (Å²) in [6, 6.07) is 0. The summed E-state index contributed by atoms with van der Waals surface area (Å²) in [5.74, 6) is -2.10. The fraction of sp³-hybridized carbons (Fsp3) is 0.818. The maximum absolute atomic E-state index is 11.0. The van der Waals surface area contributed by atoms with Gasteiger partial charge in [0, 0.05) is 6.42 Å². The molecule has 15 heavy (non-hydrogen) atoms. The van der Waals surface area contributed by atoms with Crippen molar-refractivity contribution in [2.75, 3.05) is 0 Å². The Bertz CT molecular complexity index is 225. The first kappa shape index (κ1) is 13.9. The van der Waals surface area contributed by atoms with Crippen molar-refractivity contribution >= 4 is 11.9 Å². The van der Waals surface area contributed by atoms with Crippen LogP contribution in [0.2, 0.25) is 0 Å². The van der Waals surface area contributed by atoms with Crippen molar-refractivity contribution in [3.63, 3.8) is 0 Å². The van der Waals surface area contributed by atoms with E-state index in [0.29, 0.717) is 6.42 Å². The second-order valence-corrected chi connectivity index (χ2v) is 4.27. The summed E-state index contributed by atoms with van der Waals surface area (Å²) in [5.41, 5.74) is 0. The molecule has 0 rings (SSSR count). The molecule has 3 atom stereocenters. The Hall–Kier alpha value is -1.06. The number of aliphatic carboxylic acids is 2. The number of hydrogen-bond acceptors (Lipinski definition) is 2. The summed E-state index contributed by atoms with van der Waals surface area (Å²) in [6.45, 7) is 5.63. The lowest BCUT2D eigenvalue weighted by Gasteiger charge is -2.21. The van der Waals surface area contributed by atoms with Crippen molar-refractivity contribution in [3.05, 3.63) is 0 Å². The molecule has 0 spiro atoms. The topological polar surface area (TPSA) is 74.6 Å². The van der Waals surface area contributed by atoms with Gasteiger partial charge in [-0.1, -0.05) is 27.2 Å². The lowest BCUT2D eigenvalue weighted by Crippen LogP contribution is -2.24. The van der Waals surface area contributed by atoms with Crippen LogP contribution >= 0.6 is 0 Å². The van der Waals surface area contributed by atoms with E-state index in [9.17, 15) is 9.59 Å². The highest BCUT2D eigenvalue weighted by molar-refractivity contribution is 5.70. The van der Waals surface area contributed by atoms with Crippen LogP contribution in [0.4, 0.5) is 0 Å². The van der Waals surface area contributed by atoms with Gasteiger partial charge in [-0.2, -0.15) is 0 Å². The van der Waals surface area contributed by atoms with Crippen molar-refractivity contribution in [2.24, 2.45) is 17.8 Å². The standard InChI is InChI=1S/C11H20O4/c1-4-8(3)9(11(14)15)5-7(2)6-10(12)13/h7-9H,4-6H2,1-3H3,(H,12,13)(H,14,15). The summed E-state index contributed by atoms with van der Waals surface area (Å²) >= 11 is 0. The van der Waals surface area contributed by atoms with Gasteiger partial charge < -0.3 is 10.2 Å². The minimum absolute atomic E-state index is 0.0419. The Labute approximate surface area is 90.3 Å². The third-order valence-corrected chi connectivity index (χ3v) is 2.83. The van der Waals surface area contributed by atoms with Crippen molar-refractivity contribution in [3.8, 4) is 0 Å². The van der Waals surface area contributed by atoms with E-state index >= 15 is 0 Å². The average molecular weight is 216 g/mol. The molecule has 4 nitrogen and oxygen atoms in total. The smallest absolute Gasteiger partial charge is 0.306 e. The minimum atomic E-state index is -0.865. The van der Waals surface area contributed by atoms with Crippen LogP contribution in [0.25, 0.3) is 0 Å². The molecule has 3 unspecified atom stereocenters. The second-order valence-electron chi connectivity index (χ2n) is 4.27. The largest absolute Gasteiger partial charge is 0.481 e. The predicted octanol–water partition coefficient (Wildman–Crippen LogP) is 2.23. The molecule has 0 aromatic heterocycles. The fourth-order valence-corrected chi connectivity index (χ4v) is 1.68. The molecule has 88 valence electrons. The minimum Gasteiger partial charge on any atom is -0.481 e. The van der Waals surface area contributed by atoms with Crippen molar-refractivity contribution in [1.29, 1.82) is 0 Å². The lowest BCUT2D eigenvalue weighted by molar-refractivity contribution is -0.145. The van der Waals surface area contributed by atoms with Crippen LogP contribution in [0.1, 0.15) is 40.0 Å². The molecular formula is C11H20O4. The summed E-state index contributed by atoms with van der Waals surface area (Å²) < 4.78 is 0. The van der Waals surface area contributed by atoms with Crippen LogP contribution in [0.5, 0.6) is 0 Å². The van der Waals surface area contributed by atoms with Gasteiger partial charge in [0.2, 0.25) is 0 Å². The highest BCUT2D eigenvalue weighted by Crippen LogP contribution is 2.24. The first-order valence-corrected chi connectivity index (χ1v) is 5.33. The normalized spacial score (nSPS) is 16.7. The molecule has 0 radical (unpaired) electrons. The van der Waals surface area contributed by atoms with Crippen molar-refractivity contribution in [2.45, 2.75) is 40.0 Å². The third kappa shape index (κ3) is 5.40. The molecule has 0 amide bonds. The van der Waals surface area contributed by atoms with E-state index in [1.165, 1.54) is 0 Å². The second kappa shape index (κ2) is 6.43. The predicted molar refractivity (Wildman–Crippen MR) is 56.6 cm³/mol. The van der Waals surface area contributed by atoms with E-state index in [1.807, 2.05) is 13.8 Å². The molecule has 0 aliphatic heterocycles. The Morgan fingerprint density at radius 2 is 1.73 bits per heavy atom. The van der Waals surface area contributed by atoms with Gasteiger partial charge in [0.25, 0.3) is 0 Å². The number of carboxylic acids is 2. The molecule has 4 heteroatoms. The maximum Gasteiger partial charge on any atom is 0.306 e. The summed E-state index contributed by atoms with van der Waals surface area (Å²) in [4.78, 5) is 21.4. The van der Waals surface area contributed by atoms with E-state index < -0.39 is 17.9 Å². The lowest BCUT2D eigenvalue weighted by atomic mass is 9.83. The highest BCUT2D eigenvalue weighted by Gasteiger charge is 2.26. The van der Waals surface area contributed by atoms with Gasteiger partial charge >= 0.3 is 11.9 Å². The van der Waals surface area contributed by atoms with Crippen LogP contribution in [0, 0.1) is 17.8 Å². The molecule has 0 fully saturated rings. The van der Waals surface area contributed by atoms with Gasteiger partial charge in [0.1, 0.15) is 0 Å². The molecule has 2 N–H and O–H groups in total. The molecule has 0 aliphatic rings. The Morgan fingerprint density at radius 3 is 2.07 bits per heavy atom. The number of rotatable bonds is 7. The summed E-state index contributed by atoms with van der Waals surface area (Å²) in [7, 11) is 0.